The largest absolute Gasteiger partial charge is 0.465 e. The van der Waals surface area contributed by atoms with Gasteiger partial charge in [0.25, 0.3) is 0 Å². The van der Waals surface area contributed by atoms with Crippen LogP contribution in [-0.2, 0) is 16.0 Å². The van der Waals surface area contributed by atoms with Gasteiger partial charge in [0.2, 0.25) is 5.91 Å². The Hall–Kier alpha value is -2.69. The summed E-state index contributed by atoms with van der Waals surface area (Å²) in [6.45, 7) is 1.83. The number of hydrogen-bond donors (Lipinski definition) is 1. The maximum Gasteiger partial charge on any atom is 0.337 e. The van der Waals surface area contributed by atoms with E-state index in [0.717, 1.165) is 5.56 Å². The van der Waals surface area contributed by atoms with Gasteiger partial charge >= 0.3 is 5.97 Å². The molecule has 0 aliphatic rings. The Labute approximate surface area is 134 Å². The highest BCUT2D eigenvalue weighted by molar-refractivity contribution is 5.95. The minimum absolute atomic E-state index is 0.156. The molecule has 0 aliphatic heterocycles. The first-order valence-electron chi connectivity index (χ1n) is 7.23. The van der Waals surface area contributed by atoms with Crippen LogP contribution in [0.5, 0.6) is 0 Å². The number of carbonyl (C=O) groups excluding carboxylic acids is 2. The van der Waals surface area contributed by atoms with Crippen molar-refractivity contribution in [1.82, 2.24) is 0 Å². The van der Waals surface area contributed by atoms with Crippen LogP contribution in [0.3, 0.4) is 0 Å². The van der Waals surface area contributed by atoms with Crippen LogP contribution in [0.2, 0.25) is 0 Å². The summed E-state index contributed by atoms with van der Waals surface area (Å²) in [6, 6.07) is 11.3. The Morgan fingerprint density at radius 3 is 2.61 bits per heavy atom. The molecular formula is C18H18FNO3. The van der Waals surface area contributed by atoms with Crippen molar-refractivity contribution in [2.45, 2.75) is 19.8 Å². The SMILES string of the molecule is COC(=O)c1ccc(C)c(NC(=O)CCc2ccccc2F)c1. The minimum atomic E-state index is -0.466. The van der Waals surface area contributed by atoms with Crippen LogP contribution in [0.25, 0.3) is 0 Å². The number of rotatable bonds is 5. The van der Waals surface area contributed by atoms with E-state index in [-0.39, 0.29) is 18.1 Å². The number of aryl methyl sites for hydroxylation is 2. The number of benzene rings is 2. The lowest BCUT2D eigenvalue weighted by molar-refractivity contribution is -0.116. The van der Waals surface area contributed by atoms with Gasteiger partial charge in [-0.2, -0.15) is 0 Å². The second kappa shape index (κ2) is 7.54. The third-order valence-electron chi connectivity index (χ3n) is 3.51. The van der Waals surface area contributed by atoms with Crippen LogP contribution in [0.15, 0.2) is 42.5 Å². The zero-order valence-corrected chi connectivity index (χ0v) is 13.1. The van der Waals surface area contributed by atoms with E-state index >= 15 is 0 Å². The molecule has 0 spiro atoms. The van der Waals surface area contributed by atoms with Gasteiger partial charge in [-0.3, -0.25) is 4.79 Å². The van der Waals surface area contributed by atoms with Crippen molar-refractivity contribution in [3.63, 3.8) is 0 Å². The van der Waals surface area contributed by atoms with E-state index in [1.165, 1.54) is 13.2 Å². The number of nitrogens with one attached hydrogen (secondary N) is 1. The van der Waals surface area contributed by atoms with Crippen molar-refractivity contribution in [1.29, 1.82) is 0 Å². The van der Waals surface area contributed by atoms with Gasteiger partial charge in [-0.25, -0.2) is 9.18 Å². The van der Waals surface area contributed by atoms with Gasteiger partial charge in [-0.1, -0.05) is 24.3 Å². The molecule has 120 valence electrons. The first-order valence-corrected chi connectivity index (χ1v) is 7.23. The van der Waals surface area contributed by atoms with E-state index < -0.39 is 5.97 Å². The molecule has 1 N–H and O–H groups in total. The zero-order chi connectivity index (χ0) is 16.8. The van der Waals surface area contributed by atoms with E-state index in [2.05, 4.69) is 10.1 Å². The molecule has 2 rings (SSSR count). The smallest absolute Gasteiger partial charge is 0.337 e. The predicted molar refractivity (Wildman–Crippen MR) is 85.9 cm³/mol. The molecule has 0 fully saturated rings. The molecule has 0 aliphatic carbocycles. The van der Waals surface area contributed by atoms with Crippen molar-refractivity contribution >= 4 is 17.6 Å². The Balaban J connectivity index is 2.02. The molecule has 0 atom stereocenters. The zero-order valence-electron chi connectivity index (χ0n) is 13.1. The highest BCUT2D eigenvalue weighted by Gasteiger charge is 2.11. The van der Waals surface area contributed by atoms with E-state index in [9.17, 15) is 14.0 Å². The number of anilines is 1. The summed E-state index contributed by atoms with van der Waals surface area (Å²) in [7, 11) is 1.30. The summed E-state index contributed by atoms with van der Waals surface area (Å²) in [5, 5.41) is 2.75. The average Bonchev–Trinajstić information content (AvgIpc) is 2.55. The van der Waals surface area contributed by atoms with Gasteiger partial charge < -0.3 is 10.1 Å². The van der Waals surface area contributed by atoms with Gasteiger partial charge in [0.05, 0.1) is 12.7 Å². The van der Waals surface area contributed by atoms with E-state index in [1.807, 2.05) is 6.92 Å². The van der Waals surface area contributed by atoms with E-state index in [4.69, 9.17) is 0 Å². The molecule has 5 heteroatoms. The fraction of sp³-hybridized carbons (Fsp3) is 0.222. The van der Waals surface area contributed by atoms with Gasteiger partial charge in [-0.05, 0) is 42.7 Å². The molecule has 4 nitrogen and oxygen atoms in total. The lowest BCUT2D eigenvalue weighted by Crippen LogP contribution is -2.14. The topological polar surface area (TPSA) is 55.4 Å². The monoisotopic (exact) mass is 315 g/mol. The third kappa shape index (κ3) is 4.39. The van der Waals surface area contributed by atoms with Gasteiger partial charge in [0.15, 0.2) is 0 Å². The predicted octanol–water partition coefficient (Wildman–Crippen LogP) is 3.49. The van der Waals surface area contributed by atoms with E-state index in [0.29, 0.717) is 23.2 Å². The standard InChI is InChI=1S/C18H18FNO3/c1-12-7-8-14(18(22)23-2)11-16(12)20-17(21)10-9-13-5-3-4-6-15(13)19/h3-8,11H,9-10H2,1-2H3,(H,20,21). The minimum Gasteiger partial charge on any atom is -0.465 e. The van der Waals surface area contributed by atoms with Crippen LogP contribution < -0.4 is 5.32 Å². The normalized spacial score (nSPS) is 10.2. The van der Waals surface area contributed by atoms with Crippen molar-refractivity contribution in [2.75, 3.05) is 12.4 Å². The average molecular weight is 315 g/mol. The van der Waals surface area contributed by atoms with Crippen LogP contribution in [0.4, 0.5) is 10.1 Å². The molecule has 0 unspecified atom stereocenters. The molecule has 0 saturated heterocycles. The number of ether oxygens (including phenoxy) is 1. The lowest BCUT2D eigenvalue weighted by Gasteiger charge is -2.10. The highest BCUT2D eigenvalue weighted by atomic mass is 19.1. The van der Waals surface area contributed by atoms with Crippen molar-refractivity contribution in [2.24, 2.45) is 0 Å². The van der Waals surface area contributed by atoms with Gasteiger partial charge in [0.1, 0.15) is 5.82 Å². The van der Waals surface area contributed by atoms with Crippen LogP contribution >= 0.6 is 0 Å². The molecule has 0 saturated carbocycles. The van der Waals surface area contributed by atoms with Gasteiger partial charge in [-0.15, -0.1) is 0 Å². The van der Waals surface area contributed by atoms with Crippen LogP contribution in [0, 0.1) is 12.7 Å². The first kappa shape index (κ1) is 16.7. The lowest BCUT2D eigenvalue weighted by atomic mass is 10.1. The summed E-state index contributed by atoms with van der Waals surface area (Å²) in [4.78, 5) is 23.6. The molecule has 2 aromatic rings. The fourth-order valence-corrected chi connectivity index (χ4v) is 2.16. The van der Waals surface area contributed by atoms with Crippen molar-refractivity contribution < 1.29 is 18.7 Å². The number of amides is 1. The first-order chi connectivity index (χ1) is 11.0. The summed E-state index contributed by atoms with van der Waals surface area (Å²) in [5.41, 5.74) is 2.24. The number of halogens is 1. The second-order valence-electron chi connectivity index (χ2n) is 5.16. The molecular weight excluding hydrogens is 297 g/mol. The maximum absolute atomic E-state index is 13.5. The fourth-order valence-electron chi connectivity index (χ4n) is 2.16. The Bertz CT molecular complexity index is 728. The summed E-state index contributed by atoms with van der Waals surface area (Å²) < 4.78 is 18.2. The van der Waals surface area contributed by atoms with Crippen LogP contribution in [-0.4, -0.2) is 19.0 Å². The number of methoxy groups -OCH3 is 1. The maximum atomic E-state index is 13.5. The molecule has 0 radical (unpaired) electrons. The molecule has 2 aromatic carbocycles. The highest BCUT2D eigenvalue weighted by Crippen LogP contribution is 2.18. The molecule has 0 bridgehead atoms. The summed E-state index contributed by atoms with van der Waals surface area (Å²) in [5.74, 6) is -1.02. The summed E-state index contributed by atoms with van der Waals surface area (Å²) >= 11 is 0. The summed E-state index contributed by atoms with van der Waals surface area (Å²) in [6.07, 6.45) is 0.469. The number of carbonyl (C=O) groups is 2. The third-order valence-corrected chi connectivity index (χ3v) is 3.51. The molecule has 23 heavy (non-hydrogen) atoms. The Morgan fingerprint density at radius 1 is 1.17 bits per heavy atom. The van der Waals surface area contributed by atoms with E-state index in [1.54, 1.807) is 36.4 Å². The number of esters is 1. The van der Waals surface area contributed by atoms with Crippen molar-refractivity contribution in [3.05, 3.63) is 65.0 Å². The molecule has 0 heterocycles. The molecule has 0 aromatic heterocycles. The Morgan fingerprint density at radius 2 is 1.91 bits per heavy atom. The molecule has 1 amide bonds. The quantitative estimate of drug-likeness (QED) is 0.859. The van der Waals surface area contributed by atoms with Gasteiger partial charge in [0, 0.05) is 12.1 Å². The Kier molecular flexibility index (Phi) is 5.46. The number of hydrogen-bond acceptors (Lipinski definition) is 3. The van der Waals surface area contributed by atoms with Crippen LogP contribution in [0.1, 0.15) is 27.9 Å². The van der Waals surface area contributed by atoms with Crippen molar-refractivity contribution in [3.8, 4) is 0 Å². The second-order valence-corrected chi connectivity index (χ2v) is 5.16.